The number of amides is 1. The Kier molecular flexibility index (Phi) is 8.81. The quantitative estimate of drug-likeness (QED) is 0.500. The summed E-state index contributed by atoms with van der Waals surface area (Å²) in [4.78, 5) is 19.2. The molecular weight excluding hydrogens is 372 g/mol. The third-order valence-corrected chi connectivity index (χ3v) is 5.23. The maximum atomic E-state index is 11.9. The number of rotatable bonds is 9. The summed E-state index contributed by atoms with van der Waals surface area (Å²) in [6.07, 6.45) is 1.76. The van der Waals surface area contributed by atoms with Gasteiger partial charge < -0.3 is 20.3 Å². The van der Waals surface area contributed by atoms with Crippen LogP contribution in [0.2, 0.25) is 0 Å². The number of thiophene rings is 1. The number of aliphatic imine (C=N–C) groups is 1. The van der Waals surface area contributed by atoms with Crippen LogP contribution in [0.15, 0.2) is 40.7 Å². The van der Waals surface area contributed by atoms with Crippen molar-refractivity contribution >= 4 is 23.2 Å². The summed E-state index contributed by atoms with van der Waals surface area (Å²) in [5.41, 5.74) is 2.32. The fourth-order valence-corrected chi connectivity index (χ4v) is 3.28. The Bertz CT molecular complexity index is 773. The zero-order valence-electron chi connectivity index (χ0n) is 17.1. The molecule has 0 aliphatic rings. The molecule has 6 nitrogen and oxygen atoms in total. The van der Waals surface area contributed by atoms with Crippen molar-refractivity contribution in [1.82, 2.24) is 15.5 Å². The molecule has 0 saturated heterocycles. The molecule has 1 aromatic heterocycles. The summed E-state index contributed by atoms with van der Waals surface area (Å²) >= 11 is 1.74. The van der Waals surface area contributed by atoms with Crippen molar-refractivity contribution in [3.05, 3.63) is 51.7 Å². The highest BCUT2D eigenvalue weighted by Crippen LogP contribution is 2.19. The van der Waals surface area contributed by atoms with Gasteiger partial charge in [-0.2, -0.15) is 0 Å². The standard InChI is InChI=1S/C21H30N4O2S/c1-16-7-8-17(14-19(16)27-4)9-11-22-21(24-15-20(26)25(2)3)23-12-10-18-6-5-13-28-18/h5-8,13-14H,9-12,15H2,1-4H3,(H2,22,23,24). The van der Waals surface area contributed by atoms with E-state index in [1.807, 2.05) is 6.92 Å². The van der Waals surface area contributed by atoms with Crippen LogP contribution in [-0.4, -0.2) is 57.6 Å². The number of nitrogens with one attached hydrogen (secondary N) is 2. The summed E-state index contributed by atoms with van der Waals surface area (Å²) in [6.45, 7) is 3.64. The predicted octanol–water partition coefficient (Wildman–Crippen LogP) is 2.47. The van der Waals surface area contributed by atoms with Gasteiger partial charge in [0.1, 0.15) is 12.3 Å². The Balaban J connectivity index is 1.90. The Morgan fingerprint density at radius 2 is 1.93 bits per heavy atom. The van der Waals surface area contributed by atoms with Gasteiger partial charge in [-0.05, 0) is 48.4 Å². The number of hydrogen-bond donors (Lipinski definition) is 2. The van der Waals surface area contributed by atoms with Gasteiger partial charge in [0.15, 0.2) is 5.96 Å². The van der Waals surface area contributed by atoms with Gasteiger partial charge in [-0.3, -0.25) is 4.79 Å². The lowest BCUT2D eigenvalue weighted by Crippen LogP contribution is -2.40. The number of guanidine groups is 1. The molecule has 0 radical (unpaired) electrons. The van der Waals surface area contributed by atoms with Crippen LogP contribution in [0, 0.1) is 6.92 Å². The van der Waals surface area contributed by atoms with E-state index in [-0.39, 0.29) is 12.5 Å². The van der Waals surface area contributed by atoms with Gasteiger partial charge in [0.2, 0.25) is 5.91 Å². The second kappa shape index (κ2) is 11.3. The molecule has 1 amide bonds. The highest BCUT2D eigenvalue weighted by molar-refractivity contribution is 7.09. The van der Waals surface area contributed by atoms with Crippen LogP contribution in [0.4, 0.5) is 0 Å². The average molecular weight is 403 g/mol. The first kappa shape index (κ1) is 21.8. The first-order chi connectivity index (χ1) is 13.5. The van der Waals surface area contributed by atoms with Crippen LogP contribution in [-0.2, 0) is 17.6 Å². The van der Waals surface area contributed by atoms with Crippen molar-refractivity contribution in [2.24, 2.45) is 4.99 Å². The smallest absolute Gasteiger partial charge is 0.243 e. The maximum absolute atomic E-state index is 11.9. The molecule has 2 rings (SSSR count). The minimum absolute atomic E-state index is 0.0253. The van der Waals surface area contributed by atoms with Crippen LogP contribution in [0.1, 0.15) is 16.0 Å². The summed E-state index contributed by atoms with van der Waals surface area (Å²) in [6, 6.07) is 10.4. The number of methoxy groups -OCH3 is 1. The first-order valence-corrected chi connectivity index (χ1v) is 10.3. The number of ether oxygens (including phenoxy) is 1. The molecule has 7 heteroatoms. The fraction of sp³-hybridized carbons (Fsp3) is 0.429. The number of carbonyl (C=O) groups is 1. The zero-order chi connectivity index (χ0) is 20.4. The van der Waals surface area contributed by atoms with E-state index in [9.17, 15) is 4.79 Å². The molecule has 1 heterocycles. The minimum atomic E-state index is -0.0253. The Hall–Kier alpha value is -2.54. The van der Waals surface area contributed by atoms with Crippen LogP contribution in [0.5, 0.6) is 5.75 Å². The van der Waals surface area contributed by atoms with E-state index in [2.05, 4.69) is 51.3 Å². The number of nitrogens with zero attached hydrogens (tertiary/aromatic N) is 2. The number of likely N-dealkylation sites (N-methyl/N-ethyl adjacent to an activating group) is 1. The monoisotopic (exact) mass is 402 g/mol. The Labute approximate surface area is 171 Å². The van der Waals surface area contributed by atoms with Crippen molar-refractivity contribution in [2.75, 3.05) is 40.8 Å². The van der Waals surface area contributed by atoms with E-state index < -0.39 is 0 Å². The van der Waals surface area contributed by atoms with E-state index >= 15 is 0 Å². The molecular formula is C21H30N4O2S. The molecule has 0 aliphatic heterocycles. The van der Waals surface area contributed by atoms with E-state index in [1.165, 1.54) is 10.4 Å². The van der Waals surface area contributed by atoms with E-state index in [4.69, 9.17) is 4.74 Å². The molecule has 0 atom stereocenters. The van der Waals surface area contributed by atoms with Gasteiger partial charge >= 0.3 is 0 Å². The van der Waals surface area contributed by atoms with Crippen LogP contribution < -0.4 is 15.4 Å². The third-order valence-electron chi connectivity index (χ3n) is 4.29. The molecule has 0 bridgehead atoms. The third kappa shape index (κ3) is 7.23. The maximum Gasteiger partial charge on any atom is 0.243 e. The van der Waals surface area contributed by atoms with Gasteiger partial charge in [-0.15, -0.1) is 11.3 Å². The van der Waals surface area contributed by atoms with Gasteiger partial charge in [-0.1, -0.05) is 18.2 Å². The molecule has 2 N–H and O–H groups in total. The second-order valence-electron chi connectivity index (χ2n) is 6.69. The summed E-state index contributed by atoms with van der Waals surface area (Å²) in [5, 5.41) is 8.72. The molecule has 0 fully saturated rings. The zero-order valence-corrected chi connectivity index (χ0v) is 17.9. The molecule has 0 unspecified atom stereocenters. The SMILES string of the molecule is COc1cc(CCNC(=NCC(=O)N(C)C)NCCc2cccs2)ccc1C. The molecule has 0 saturated carbocycles. The second-order valence-corrected chi connectivity index (χ2v) is 7.72. The molecule has 28 heavy (non-hydrogen) atoms. The molecule has 2 aromatic rings. The van der Waals surface area contributed by atoms with Gasteiger partial charge in [-0.25, -0.2) is 4.99 Å². The minimum Gasteiger partial charge on any atom is -0.496 e. The van der Waals surface area contributed by atoms with Crippen LogP contribution >= 0.6 is 11.3 Å². The number of hydrogen-bond acceptors (Lipinski definition) is 4. The van der Waals surface area contributed by atoms with Crippen LogP contribution in [0.25, 0.3) is 0 Å². The molecule has 0 aliphatic carbocycles. The van der Waals surface area contributed by atoms with Crippen LogP contribution in [0.3, 0.4) is 0 Å². The number of aryl methyl sites for hydroxylation is 1. The van der Waals surface area contributed by atoms with E-state index in [0.29, 0.717) is 12.5 Å². The topological polar surface area (TPSA) is 66.0 Å². The molecule has 1 aromatic carbocycles. The van der Waals surface area contributed by atoms with Crippen molar-refractivity contribution < 1.29 is 9.53 Å². The highest BCUT2D eigenvalue weighted by Gasteiger charge is 2.06. The fourth-order valence-electron chi connectivity index (χ4n) is 2.57. The summed E-state index contributed by atoms with van der Waals surface area (Å²) in [7, 11) is 5.16. The first-order valence-electron chi connectivity index (χ1n) is 9.38. The lowest BCUT2D eigenvalue weighted by atomic mass is 10.1. The van der Waals surface area contributed by atoms with Gasteiger partial charge in [0.25, 0.3) is 0 Å². The normalized spacial score (nSPS) is 11.2. The van der Waals surface area contributed by atoms with Crippen molar-refractivity contribution in [3.8, 4) is 5.75 Å². The predicted molar refractivity (Wildman–Crippen MR) is 116 cm³/mol. The molecule has 152 valence electrons. The molecule has 0 spiro atoms. The Morgan fingerprint density at radius 3 is 2.57 bits per heavy atom. The number of carbonyl (C=O) groups excluding carboxylic acids is 1. The Morgan fingerprint density at radius 1 is 1.18 bits per heavy atom. The van der Waals surface area contributed by atoms with E-state index in [0.717, 1.165) is 30.7 Å². The summed E-state index contributed by atoms with van der Waals surface area (Å²) in [5.74, 6) is 1.53. The largest absolute Gasteiger partial charge is 0.496 e. The lowest BCUT2D eigenvalue weighted by molar-refractivity contribution is -0.127. The van der Waals surface area contributed by atoms with Crippen molar-refractivity contribution in [3.63, 3.8) is 0 Å². The summed E-state index contributed by atoms with van der Waals surface area (Å²) < 4.78 is 5.39. The lowest BCUT2D eigenvalue weighted by Gasteiger charge is -2.14. The number of benzene rings is 1. The average Bonchev–Trinajstić information content (AvgIpc) is 3.20. The van der Waals surface area contributed by atoms with E-state index in [1.54, 1.807) is 37.4 Å². The van der Waals surface area contributed by atoms with Crippen molar-refractivity contribution in [2.45, 2.75) is 19.8 Å². The van der Waals surface area contributed by atoms with Gasteiger partial charge in [0, 0.05) is 32.1 Å². The highest BCUT2D eigenvalue weighted by atomic mass is 32.1. The van der Waals surface area contributed by atoms with Crippen molar-refractivity contribution in [1.29, 1.82) is 0 Å². The van der Waals surface area contributed by atoms with Gasteiger partial charge in [0.05, 0.1) is 7.11 Å².